The number of aliphatic hydroxyl groups is 1. The van der Waals surface area contributed by atoms with Crippen molar-refractivity contribution in [3.05, 3.63) is 18.0 Å². The van der Waals surface area contributed by atoms with Crippen LogP contribution in [0.25, 0.3) is 0 Å². The molecular weight excluding hydrogens is 234 g/mol. The lowest BCUT2D eigenvalue weighted by molar-refractivity contribution is -0.159. The van der Waals surface area contributed by atoms with E-state index in [4.69, 9.17) is 10.00 Å². The van der Waals surface area contributed by atoms with Crippen molar-refractivity contribution >= 4 is 5.97 Å². The summed E-state index contributed by atoms with van der Waals surface area (Å²) in [4.78, 5) is 11.6. The Kier molecular flexibility index (Phi) is 3.95. The van der Waals surface area contributed by atoms with Crippen LogP contribution in [0.15, 0.2) is 12.4 Å². The molecule has 1 N–H and O–H groups in total. The molecule has 96 valence electrons. The van der Waals surface area contributed by atoms with E-state index in [-0.39, 0.29) is 12.6 Å². The first-order valence-electron chi connectivity index (χ1n) is 6.00. The molecule has 18 heavy (non-hydrogen) atoms. The van der Waals surface area contributed by atoms with Crippen molar-refractivity contribution in [2.45, 2.75) is 44.4 Å². The van der Waals surface area contributed by atoms with Crippen molar-refractivity contribution in [3.63, 3.8) is 0 Å². The minimum Gasteiger partial charge on any atom is -0.460 e. The van der Waals surface area contributed by atoms with Crippen LogP contribution in [0.4, 0.5) is 0 Å². The van der Waals surface area contributed by atoms with Crippen LogP contribution in [0.3, 0.4) is 0 Å². The van der Waals surface area contributed by atoms with E-state index in [1.54, 1.807) is 0 Å². The second-order valence-corrected chi connectivity index (χ2v) is 4.42. The summed E-state index contributed by atoms with van der Waals surface area (Å²) in [6.07, 6.45) is 5.45. The third-order valence-corrected chi connectivity index (χ3v) is 2.98. The van der Waals surface area contributed by atoms with Crippen molar-refractivity contribution in [3.8, 4) is 6.07 Å². The highest BCUT2D eigenvalue weighted by Gasteiger charge is 2.24. The Balaban J connectivity index is 1.84. The van der Waals surface area contributed by atoms with Gasteiger partial charge >= 0.3 is 5.97 Å². The molecule has 0 amide bonds. The summed E-state index contributed by atoms with van der Waals surface area (Å²) in [5.74, 6) is -0.615. The minimum absolute atomic E-state index is 0.00718. The average molecular weight is 249 g/mol. The normalized spacial score (nSPS) is 17.3. The Bertz CT molecular complexity index is 457. The Morgan fingerprint density at radius 2 is 2.39 bits per heavy atom. The van der Waals surface area contributed by atoms with E-state index < -0.39 is 12.1 Å². The third kappa shape index (κ3) is 3.08. The van der Waals surface area contributed by atoms with E-state index in [0.29, 0.717) is 5.56 Å². The number of hydrogen-bond acceptors (Lipinski definition) is 5. The van der Waals surface area contributed by atoms with Crippen molar-refractivity contribution in [1.82, 2.24) is 9.78 Å². The summed E-state index contributed by atoms with van der Waals surface area (Å²) in [6.45, 7) is 0.00718. The van der Waals surface area contributed by atoms with Gasteiger partial charge in [-0.25, -0.2) is 4.79 Å². The van der Waals surface area contributed by atoms with E-state index in [2.05, 4.69) is 5.10 Å². The zero-order chi connectivity index (χ0) is 13.0. The van der Waals surface area contributed by atoms with Crippen molar-refractivity contribution in [2.75, 3.05) is 0 Å². The quantitative estimate of drug-likeness (QED) is 0.789. The number of aromatic nitrogens is 2. The molecule has 0 spiro atoms. The molecule has 1 aliphatic carbocycles. The highest BCUT2D eigenvalue weighted by Crippen LogP contribution is 2.21. The Morgan fingerprint density at radius 1 is 1.67 bits per heavy atom. The predicted molar refractivity (Wildman–Crippen MR) is 61.3 cm³/mol. The number of nitrogens with zero attached hydrogens (tertiary/aromatic N) is 3. The zero-order valence-corrected chi connectivity index (χ0v) is 9.95. The molecule has 1 atom stereocenters. The van der Waals surface area contributed by atoms with E-state index in [0.717, 1.165) is 25.7 Å². The van der Waals surface area contributed by atoms with Gasteiger partial charge in [-0.3, -0.25) is 4.68 Å². The molecular formula is C12H15N3O3. The second kappa shape index (κ2) is 5.65. The van der Waals surface area contributed by atoms with Crippen molar-refractivity contribution in [2.24, 2.45) is 0 Å². The first-order chi connectivity index (χ1) is 8.69. The second-order valence-electron chi connectivity index (χ2n) is 4.42. The summed E-state index contributed by atoms with van der Waals surface area (Å²) >= 11 is 0. The lowest BCUT2D eigenvalue weighted by Gasteiger charge is -2.15. The molecule has 0 unspecified atom stereocenters. The zero-order valence-electron chi connectivity index (χ0n) is 9.95. The molecule has 0 bridgehead atoms. The van der Waals surface area contributed by atoms with Crippen molar-refractivity contribution in [1.29, 1.82) is 5.26 Å². The molecule has 1 aromatic rings. The topological polar surface area (TPSA) is 88.1 Å². The minimum atomic E-state index is -1.24. The first kappa shape index (κ1) is 12.6. The van der Waals surface area contributed by atoms with Gasteiger partial charge in [0.15, 0.2) is 6.10 Å². The van der Waals surface area contributed by atoms with Crippen LogP contribution >= 0.6 is 0 Å². The maximum absolute atomic E-state index is 11.6. The summed E-state index contributed by atoms with van der Waals surface area (Å²) in [5, 5.41) is 22.2. The highest BCUT2D eigenvalue weighted by molar-refractivity contribution is 5.74. The number of hydrogen-bond donors (Lipinski definition) is 1. The summed E-state index contributed by atoms with van der Waals surface area (Å²) in [5.41, 5.74) is 0.395. The van der Waals surface area contributed by atoms with Gasteiger partial charge in [-0.2, -0.15) is 10.4 Å². The maximum atomic E-state index is 11.6. The molecule has 1 saturated carbocycles. The molecule has 1 heterocycles. The lowest BCUT2D eigenvalue weighted by atomic mass is 10.3. The molecule has 0 radical (unpaired) electrons. The Morgan fingerprint density at radius 3 is 3.00 bits per heavy atom. The lowest BCUT2D eigenvalue weighted by Crippen LogP contribution is -2.30. The number of ether oxygens (including phenoxy) is 1. The van der Waals surface area contributed by atoms with Crippen LogP contribution in [-0.2, 0) is 16.1 Å². The largest absolute Gasteiger partial charge is 0.460 e. The maximum Gasteiger partial charge on any atom is 0.337 e. The fourth-order valence-corrected chi connectivity index (χ4v) is 2.02. The van der Waals surface area contributed by atoms with Crippen LogP contribution in [0.1, 0.15) is 31.2 Å². The molecule has 0 aromatic carbocycles. The van der Waals surface area contributed by atoms with E-state index in [1.165, 1.54) is 17.1 Å². The van der Waals surface area contributed by atoms with Gasteiger partial charge < -0.3 is 9.84 Å². The number of carbonyl (C=O) groups excluding carboxylic acids is 1. The summed E-state index contributed by atoms with van der Waals surface area (Å²) in [6, 6.07) is 1.93. The number of rotatable bonds is 4. The fourth-order valence-electron chi connectivity index (χ4n) is 2.02. The number of carbonyl (C=O) groups is 1. The molecule has 1 aromatic heterocycles. The number of esters is 1. The van der Waals surface area contributed by atoms with E-state index in [9.17, 15) is 9.90 Å². The highest BCUT2D eigenvalue weighted by atomic mass is 16.6. The molecule has 1 fully saturated rings. The number of aliphatic hydroxyl groups excluding tert-OH is 1. The van der Waals surface area contributed by atoms with Gasteiger partial charge in [0.25, 0.3) is 0 Å². The van der Waals surface area contributed by atoms with Crippen molar-refractivity contribution < 1.29 is 14.6 Å². The Hall–Kier alpha value is -1.87. The standard InChI is InChI=1S/C12H15N3O3/c13-5-9-6-14-15(7-9)8-11(16)12(17)18-10-3-1-2-4-10/h6-7,10-11,16H,1-4,8H2/t11-/m1/s1. The number of nitriles is 1. The molecule has 6 heteroatoms. The Labute approximate surface area is 105 Å². The smallest absolute Gasteiger partial charge is 0.337 e. The SMILES string of the molecule is N#Cc1cnn(C[C@@H](O)C(=O)OC2CCCC2)c1. The molecule has 0 saturated heterocycles. The van der Waals surface area contributed by atoms with Gasteiger partial charge in [0, 0.05) is 6.20 Å². The van der Waals surface area contributed by atoms with Gasteiger partial charge in [-0.15, -0.1) is 0 Å². The van der Waals surface area contributed by atoms with Crippen LogP contribution in [0, 0.1) is 11.3 Å². The van der Waals surface area contributed by atoms with Crippen LogP contribution < -0.4 is 0 Å². The van der Waals surface area contributed by atoms with Crippen LogP contribution in [0.5, 0.6) is 0 Å². The summed E-state index contributed by atoms with van der Waals surface area (Å²) < 4.78 is 6.54. The van der Waals surface area contributed by atoms with Gasteiger partial charge in [0.05, 0.1) is 18.3 Å². The molecule has 0 aliphatic heterocycles. The molecule has 1 aliphatic rings. The predicted octanol–water partition coefficient (Wildman–Crippen LogP) is 0.601. The summed E-state index contributed by atoms with van der Waals surface area (Å²) in [7, 11) is 0. The molecule has 6 nitrogen and oxygen atoms in total. The molecule has 2 rings (SSSR count). The van der Waals surface area contributed by atoms with Gasteiger partial charge in [0.1, 0.15) is 12.2 Å². The monoisotopic (exact) mass is 249 g/mol. The van der Waals surface area contributed by atoms with E-state index >= 15 is 0 Å². The first-order valence-corrected chi connectivity index (χ1v) is 6.00. The average Bonchev–Trinajstić information content (AvgIpc) is 3.00. The van der Waals surface area contributed by atoms with Gasteiger partial charge in [-0.05, 0) is 25.7 Å². The van der Waals surface area contributed by atoms with Gasteiger partial charge in [0.2, 0.25) is 0 Å². The van der Waals surface area contributed by atoms with Gasteiger partial charge in [-0.1, -0.05) is 0 Å². The third-order valence-electron chi connectivity index (χ3n) is 2.98. The fraction of sp³-hybridized carbons (Fsp3) is 0.583. The van der Waals surface area contributed by atoms with Crippen LogP contribution in [-0.4, -0.2) is 33.1 Å². The van der Waals surface area contributed by atoms with E-state index in [1.807, 2.05) is 6.07 Å². The van der Waals surface area contributed by atoms with Crippen LogP contribution in [0.2, 0.25) is 0 Å².